The van der Waals surface area contributed by atoms with Gasteiger partial charge in [-0.15, -0.1) is 10.2 Å². The number of nitrogens with zero attached hydrogens (tertiary/aromatic N) is 4. The van der Waals surface area contributed by atoms with Crippen molar-refractivity contribution in [3.8, 4) is 22.9 Å². The van der Waals surface area contributed by atoms with Gasteiger partial charge in [0.15, 0.2) is 0 Å². The number of rotatable bonds is 4. The summed E-state index contributed by atoms with van der Waals surface area (Å²) in [6.07, 6.45) is 1.72. The van der Waals surface area contributed by atoms with Crippen LogP contribution in [0.5, 0.6) is 0 Å². The molecular weight excluding hydrogens is 364 g/mol. The molecule has 29 heavy (non-hydrogen) atoms. The van der Waals surface area contributed by atoms with Gasteiger partial charge in [-0.2, -0.15) is 0 Å². The number of pyridine rings is 1. The van der Waals surface area contributed by atoms with Crippen molar-refractivity contribution in [1.29, 1.82) is 0 Å². The molecule has 6 nitrogen and oxygen atoms in total. The molecule has 0 aliphatic rings. The topological polar surface area (TPSA) is 73.3 Å². The molecule has 6 heteroatoms. The Bertz CT molecular complexity index is 1190. The van der Waals surface area contributed by atoms with E-state index in [9.17, 15) is 4.79 Å². The first kappa shape index (κ1) is 18.6. The third-order valence-electron chi connectivity index (χ3n) is 4.27. The molecule has 0 saturated heterocycles. The first-order chi connectivity index (χ1) is 14.1. The van der Waals surface area contributed by atoms with Crippen LogP contribution in [0.25, 0.3) is 22.9 Å². The first-order valence-corrected chi connectivity index (χ1v) is 9.37. The average Bonchev–Trinajstić information content (AvgIpc) is 3.24. The third-order valence-corrected chi connectivity index (χ3v) is 4.27. The van der Waals surface area contributed by atoms with E-state index in [0.29, 0.717) is 22.8 Å². The second-order valence-electron chi connectivity index (χ2n) is 6.81. The summed E-state index contributed by atoms with van der Waals surface area (Å²) in [5, 5.41) is 8.23. The van der Waals surface area contributed by atoms with Crippen molar-refractivity contribution in [3.05, 3.63) is 90.0 Å². The van der Waals surface area contributed by atoms with Crippen LogP contribution in [0.4, 0.5) is 0 Å². The molecule has 144 valence electrons. The van der Waals surface area contributed by atoms with E-state index in [4.69, 9.17) is 4.42 Å². The maximum absolute atomic E-state index is 12.9. The lowest BCUT2D eigenvalue weighted by molar-refractivity contribution is 0.0954. The van der Waals surface area contributed by atoms with Crippen molar-refractivity contribution in [1.82, 2.24) is 14.8 Å². The van der Waals surface area contributed by atoms with E-state index in [1.54, 1.807) is 35.0 Å². The van der Waals surface area contributed by atoms with Crippen LogP contribution in [0.1, 0.15) is 24.2 Å². The Morgan fingerprint density at radius 2 is 1.48 bits per heavy atom. The van der Waals surface area contributed by atoms with Gasteiger partial charge in [0.1, 0.15) is 5.49 Å². The van der Waals surface area contributed by atoms with Crippen LogP contribution in [-0.2, 0) is 0 Å². The second-order valence-corrected chi connectivity index (χ2v) is 6.81. The highest BCUT2D eigenvalue weighted by Crippen LogP contribution is 2.24. The maximum Gasteiger partial charge on any atom is 0.263 e. The molecule has 0 atom stereocenters. The molecule has 0 radical (unpaired) electrons. The smallest absolute Gasteiger partial charge is 0.263 e. The SMILES string of the molecule is CC(C)N=c1ccccn1C(=O)c1ccc(-c2nnc(-c3ccccc3)o2)cc1. The Labute approximate surface area is 168 Å². The number of benzene rings is 2. The molecule has 0 bridgehead atoms. The standard InChI is InChI=1S/C23H20N4O2/c1-16(2)24-20-10-6-7-15-27(20)23(28)19-13-11-18(12-14-19)22-26-25-21(29-22)17-8-4-3-5-9-17/h3-16H,1-2H3. The van der Waals surface area contributed by atoms with Gasteiger partial charge in [0.25, 0.3) is 5.91 Å². The zero-order valence-corrected chi connectivity index (χ0v) is 16.2. The Morgan fingerprint density at radius 3 is 2.14 bits per heavy atom. The van der Waals surface area contributed by atoms with Crippen molar-refractivity contribution in [2.75, 3.05) is 0 Å². The van der Waals surface area contributed by atoms with E-state index in [-0.39, 0.29) is 11.9 Å². The summed E-state index contributed by atoms with van der Waals surface area (Å²) in [6.45, 7) is 3.95. The summed E-state index contributed by atoms with van der Waals surface area (Å²) >= 11 is 0. The minimum atomic E-state index is -0.146. The zero-order valence-electron chi connectivity index (χ0n) is 16.2. The fraction of sp³-hybridized carbons (Fsp3) is 0.130. The Morgan fingerprint density at radius 1 is 0.862 bits per heavy atom. The summed E-state index contributed by atoms with van der Waals surface area (Å²) in [4.78, 5) is 17.4. The first-order valence-electron chi connectivity index (χ1n) is 9.37. The molecule has 2 aromatic heterocycles. The molecule has 0 spiro atoms. The number of carbonyl (C=O) groups is 1. The monoisotopic (exact) mass is 384 g/mol. The molecule has 4 rings (SSSR count). The molecule has 0 N–H and O–H groups in total. The van der Waals surface area contributed by atoms with Crippen LogP contribution in [0.15, 0.2) is 88.4 Å². The highest BCUT2D eigenvalue weighted by Gasteiger charge is 2.13. The van der Waals surface area contributed by atoms with Gasteiger partial charge >= 0.3 is 0 Å². The van der Waals surface area contributed by atoms with E-state index in [0.717, 1.165) is 11.1 Å². The summed E-state index contributed by atoms with van der Waals surface area (Å²) in [5.74, 6) is 0.721. The Kier molecular flexibility index (Phi) is 5.16. The van der Waals surface area contributed by atoms with E-state index in [2.05, 4.69) is 15.2 Å². The quantitative estimate of drug-likeness (QED) is 0.528. The molecule has 0 unspecified atom stereocenters. The minimum absolute atomic E-state index is 0.0927. The third kappa shape index (κ3) is 4.06. The summed E-state index contributed by atoms with van der Waals surface area (Å²) in [5.41, 5.74) is 2.79. The van der Waals surface area contributed by atoms with Crippen LogP contribution < -0.4 is 5.49 Å². The zero-order chi connectivity index (χ0) is 20.2. The summed E-state index contributed by atoms with van der Waals surface area (Å²) in [7, 11) is 0. The van der Waals surface area contributed by atoms with Crippen LogP contribution in [0.2, 0.25) is 0 Å². The van der Waals surface area contributed by atoms with Crippen LogP contribution in [-0.4, -0.2) is 26.7 Å². The molecule has 4 aromatic rings. The van der Waals surface area contributed by atoms with Crippen molar-refractivity contribution in [2.24, 2.45) is 4.99 Å². The molecule has 2 aromatic carbocycles. The molecule has 2 heterocycles. The van der Waals surface area contributed by atoms with E-state index >= 15 is 0 Å². The van der Waals surface area contributed by atoms with Gasteiger partial charge in [0, 0.05) is 28.9 Å². The molecule has 0 aliphatic heterocycles. The largest absolute Gasteiger partial charge is 0.416 e. The highest BCUT2D eigenvalue weighted by molar-refractivity contribution is 5.96. The van der Waals surface area contributed by atoms with Crippen LogP contribution in [0, 0.1) is 0 Å². The van der Waals surface area contributed by atoms with E-state index < -0.39 is 0 Å². The van der Waals surface area contributed by atoms with Gasteiger partial charge in [0.05, 0.1) is 0 Å². The van der Waals surface area contributed by atoms with E-state index in [1.807, 2.05) is 62.4 Å². The predicted molar refractivity (Wildman–Crippen MR) is 110 cm³/mol. The van der Waals surface area contributed by atoms with Crippen LogP contribution in [0.3, 0.4) is 0 Å². The van der Waals surface area contributed by atoms with Crippen molar-refractivity contribution in [2.45, 2.75) is 19.9 Å². The fourth-order valence-corrected chi connectivity index (χ4v) is 2.91. The molecule has 0 saturated carbocycles. The summed E-state index contributed by atoms with van der Waals surface area (Å²) in [6, 6.07) is 22.3. The van der Waals surface area contributed by atoms with Gasteiger partial charge in [0.2, 0.25) is 11.8 Å². The second kappa shape index (κ2) is 8.06. The number of aromatic nitrogens is 3. The number of hydrogen-bond donors (Lipinski definition) is 0. The molecule has 0 amide bonds. The number of carbonyl (C=O) groups excluding carboxylic acids is 1. The Hall–Kier alpha value is -3.80. The van der Waals surface area contributed by atoms with Crippen LogP contribution >= 0.6 is 0 Å². The van der Waals surface area contributed by atoms with Crippen molar-refractivity contribution in [3.63, 3.8) is 0 Å². The van der Waals surface area contributed by atoms with Gasteiger partial charge < -0.3 is 4.42 Å². The highest BCUT2D eigenvalue weighted by atomic mass is 16.4. The lowest BCUT2D eigenvalue weighted by Crippen LogP contribution is -2.28. The number of hydrogen-bond acceptors (Lipinski definition) is 5. The van der Waals surface area contributed by atoms with Gasteiger partial charge in [-0.3, -0.25) is 14.4 Å². The summed E-state index contributed by atoms with van der Waals surface area (Å²) < 4.78 is 7.33. The lowest BCUT2D eigenvalue weighted by atomic mass is 10.1. The average molecular weight is 384 g/mol. The molecule has 0 fully saturated rings. The molecule has 0 aliphatic carbocycles. The van der Waals surface area contributed by atoms with E-state index in [1.165, 1.54) is 0 Å². The fourth-order valence-electron chi connectivity index (χ4n) is 2.91. The molecular formula is C23H20N4O2. The minimum Gasteiger partial charge on any atom is -0.416 e. The van der Waals surface area contributed by atoms with Gasteiger partial charge in [-0.1, -0.05) is 24.3 Å². The maximum atomic E-state index is 12.9. The van der Waals surface area contributed by atoms with Gasteiger partial charge in [-0.05, 0) is 62.4 Å². The lowest BCUT2D eigenvalue weighted by Gasteiger charge is -2.07. The van der Waals surface area contributed by atoms with Crippen molar-refractivity contribution >= 4 is 5.91 Å². The predicted octanol–water partition coefficient (Wildman–Crippen LogP) is 4.20. The van der Waals surface area contributed by atoms with Gasteiger partial charge in [-0.25, -0.2) is 0 Å². The Balaban J connectivity index is 1.61. The van der Waals surface area contributed by atoms with Crippen molar-refractivity contribution < 1.29 is 9.21 Å². The normalized spacial score (nSPS) is 11.8.